The lowest BCUT2D eigenvalue weighted by molar-refractivity contribution is 0.0666. The highest BCUT2D eigenvalue weighted by atomic mass is 16.3. The van der Waals surface area contributed by atoms with Crippen molar-refractivity contribution < 1.29 is 20.4 Å². The minimum Gasteiger partial charge on any atom is -0.396 e. The summed E-state index contributed by atoms with van der Waals surface area (Å²) in [6.07, 6.45) is 8.82. The summed E-state index contributed by atoms with van der Waals surface area (Å²) in [7, 11) is 0. The molecule has 4 N–H and O–H groups in total. The molecule has 136 valence electrons. The molecule has 0 spiro atoms. The minimum absolute atomic E-state index is 0.158. The normalized spacial score (nSPS) is 14.2. The first-order chi connectivity index (χ1) is 10.2. The van der Waals surface area contributed by atoms with Gasteiger partial charge in [0.25, 0.3) is 0 Å². The van der Waals surface area contributed by atoms with E-state index in [1.807, 2.05) is 20.8 Å². The van der Waals surface area contributed by atoms with Crippen LogP contribution >= 0.6 is 0 Å². The minimum atomic E-state index is -0.529. The maximum Gasteiger partial charge on any atom is 0.0591 e. The van der Waals surface area contributed by atoms with E-state index < -0.39 is 5.60 Å². The summed E-state index contributed by atoms with van der Waals surface area (Å²) >= 11 is 0. The molecule has 0 radical (unpaired) electrons. The maximum absolute atomic E-state index is 9.41. The molecule has 0 rings (SSSR count). The lowest BCUT2D eigenvalue weighted by atomic mass is 9.95. The molecule has 22 heavy (non-hydrogen) atoms. The summed E-state index contributed by atoms with van der Waals surface area (Å²) in [5.41, 5.74) is -0.529. The van der Waals surface area contributed by atoms with E-state index in [-0.39, 0.29) is 12.7 Å². The van der Waals surface area contributed by atoms with E-state index in [2.05, 4.69) is 6.92 Å². The molecule has 0 bridgehead atoms. The zero-order chi connectivity index (χ0) is 17.4. The summed E-state index contributed by atoms with van der Waals surface area (Å²) < 4.78 is 0. The fourth-order valence-electron chi connectivity index (χ4n) is 2.15. The molecule has 0 saturated heterocycles. The summed E-state index contributed by atoms with van der Waals surface area (Å²) in [5.74, 6) is 0.581. The average Bonchev–Trinajstić information content (AvgIpc) is 2.37. The van der Waals surface area contributed by atoms with Crippen LogP contribution in [0.4, 0.5) is 0 Å². The highest BCUT2D eigenvalue weighted by molar-refractivity contribution is 4.65. The van der Waals surface area contributed by atoms with Gasteiger partial charge in [0, 0.05) is 13.2 Å². The fourth-order valence-corrected chi connectivity index (χ4v) is 2.15. The molecule has 4 nitrogen and oxygen atoms in total. The molecule has 0 aromatic heterocycles. The lowest BCUT2D eigenvalue weighted by Gasteiger charge is -2.17. The van der Waals surface area contributed by atoms with Crippen molar-refractivity contribution in [1.82, 2.24) is 0 Å². The predicted octanol–water partition coefficient (Wildman–Crippen LogP) is 3.26. The van der Waals surface area contributed by atoms with Gasteiger partial charge >= 0.3 is 0 Å². The fraction of sp³-hybridized carbons (Fsp3) is 1.00. The summed E-state index contributed by atoms with van der Waals surface area (Å²) in [6, 6.07) is 0. The van der Waals surface area contributed by atoms with Crippen molar-refractivity contribution in [3.8, 4) is 0 Å². The Hall–Kier alpha value is -0.160. The number of unbranched alkanes of at least 4 members (excludes halogenated alkanes) is 3. The van der Waals surface area contributed by atoms with E-state index in [0.29, 0.717) is 12.5 Å². The van der Waals surface area contributed by atoms with Crippen LogP contribution in [0.5, 0.6) is 0 Å². The smallest absolute Gasteiger partial charge is 0.0591 e. The first-order valence-electron chi connectivity index (χ1n) is 8.85. The Morgan fingerprint density at radius 1 is 0.773 bits per heavy atom. The van der Waals surface area contributed by atoms with Crippen LogP contribution in [0.25, 0.3) is 0 Å². The van der Waals surface area contributed by atoms with Crippen LogP contribution in [0.2, 0.25) is 0 Å². The SMILES string of the molecule is CC(CCO)CCCC(C)(C)O.CC(O)CCCCCCO. The van der Waals surface area contributed by atoms with Crippen molar-refractivity contribution in [2.75, 3.05) is 13.2 Å². The highest BCUT2D eigenvalue weighted by Gasteiger charge is 2.12. The van der Waals surface area contributed by atoms with Gasteiger partial charge in [0.15, 0.2) is 0 Å². The molecule has 0 amide bonds. The van der Waals surface area contributed by atoms with Crippen molar-refractivity contribution in [2.24, 2.45) is 5.92 Å². The second-order valence-corrected chi connectivity index (χ2v) is 7.10. The third kappa shape index (κ3) is 24.8. The summed E-state index contributed by atoms with van der Waals surface area (Å²) in [6.45, 7) is 8.21. The van der Waals surface area contributed by atoms with Gasteiger partial charge in [0.1, 0.15) is 0 Å². The monoisotopic (exact) mass is 320 g/mol. The Bertz CT molecular complexity index is 212. The van der Waals surface area contributed by atoms with E-state index in [1.165, 1.54) is 0 Å². The number of hydrogen-bond acceptors (Lipinski definition) is 4. The highest BCUT2D eigenvalue weighted by Crippen LogP contribution is 2.17. The van der Waals surface area contributed by atoms with Crippen molar-refractivity contribution in [3.63, 3.8) is 0 Å². The van der Waals surface area contributed by atoms with Gasteiger partial charge in [0.2, 0.25) is 0 Å². The van der Waals surface area contributed by atoms with Crippen molar-refractivity contribution in [3.05, 3.63) is 0 Å². The van der Waals surface area contributed by atoms with E-state index in [0.717, 1.165) is 57.8 Å². The Balaban J connectivity index is 0. The van der Waals surface area contributed by atoms with E-state index in [1.54, 1.807) is 0 Å². The van der Waals surface area contributed by atoms with Crippen molar-refractivity contribution in [1.29, 1.82) is 0 Å². The van der Waals surface area contributed by atoms with Crippen LogP contribution < -0.4 is 0 Å². The first kappa shape index (κ1) is 24.1. The molecule has 2 unspecified atom stereocenters. The molecule has 4 heteroatoms. The zero-order valence-corrected chi connectivity index (χ0v) is 15.2. The van der Waals surface area contributed by atoms with Crippen LogP contribution in [-0.4, -0.2) is 45.3 Å². The van der Waals surface area contributed by atoms with Gasteiger partial charge in [-0.05, 0) is 52.4 Å². The quantitative estimate of drug-likeness (QED) is 0.416. The standard InChI is InChI=1S/C10H22O2.C8H18O2/c1-9(6-8-11)5-4-7-10(2,3)12;1-8(10)6-4-2-3-5-7-9/h9,11-12H,4-8H2,1-3H3;8-10H,2-7H2,1H3. The third-order valence-corrected chi connectivity index (χ3v) is 3.64. The number of rotatable bonds is 12. The van der Waals surface area contributed by atoms with Gasteiger partial charge in [-0.3, -0.25) is 0 Å². The Kier molecular flexibility index (Phi) is 17.2. The molecular weight excluding hydrogens is 280 g/mol. The third-order valence-electron chi connectivity index (χ3n) is 3.64. The predicted molar refractivity (Wildman–Crippen MR) is 92.9 cm³/mol. The Labute approximate surface area is 137 Å². The van der Waals surface area contributed by atoms with Gasteiger partial charge in [-0.15, -0.1) is 0 Å². The molecule has 0 aliphatic carbocycles. The largest absolute Gasteiger partial charge is 0.396 e. The second-order valence-electron chi connectivity index (χ2n) is 7.10. The molecule has 0 aromatic carbocycles. The Morgan fingerprint density at radius 3 is 1.82 bits per heavy atom. The molecular formula is C18H40O4. The number of aliphatic hydroxyl groups excluding tert-OH is 3. The molecule has 0 aliphatic rings. The zero-order valence-electron chi connectivity index (χ0n) is 15.2. The van der Waals surface area contributed by atoms with Gasteiger partial charge < -0.3 is 20.4 Å². The number of hydrogen-bond donors (Lipinski definition) is 4. The van der Waals surface area contributed by atoms with Gasteiger partial charge in [-0.25, -0.2) is 0 Å². The van der Waals surface area contributed by atoms with Crippen LogP contribution in [0.3, 0.4) is 0 Å². The second kappa shape index (κ2) is 15.7. The van der Waals surface area contributed by atoms with Gasteiger partial charge in [0.05, 0.1) is 11.7 Å². The maximum atomic E-state index is 9.41. The van der Waals surface area contributed by atoms with Gasteiger partial charge in [-0.1, -0.05) is 39.0 Å². The molecule has 0 aromatic rings. The van der Waals surface area contributed by atoms with E-state index in [9.17, 15) is 5.11 Å². The molecule has 2 atom stereocenters. The van der Waals surface area contributed by atoms with Crippen molar-refractivity contribution >= 4 is 0 Å². The lowest BCUT2D eigenvalue weighted by Crippen LogP contribution is -2.18. The Morgan fingerprint density at radius 2 is 1.36 bits per heavy atom. The number of aliphatic hydroxyl groups is 4. The van der Waals surface area contributed by atoms with Crippen LogP contribution in [0.15, 0.2) is 0 Å². The summed E-state index contributed by atoms with van der Waals surface area (Å²) in [4.78, 5) is 0. The molecule has 0 fully saturated rings. The average molecular weight is 321 g/mol. The molecule has 0 heterocycles. The van der Waals surface area contributed by atoms with E-state index in [4.69, 9.17) is 15.3 Å². The molecule has 0 aliphatic heterocycles. The van der Waals surface area contributed by atoms with Crippen LogP contribution in [-0.2, 0) is 0 Å². The summed E-state index contributed by atoms with van der Waals surface area (Å²) in [5, 5.41) is 35.3. The first-order valence-corrected chi connectivity index (χ1v) is 8.85. The van der Waals surface area contributed by atoms with E-state index >= 15 is 0 Å². The van der Waals surface area contributed by atoms with Crippen LogP contribution in [0.1, 0.15) is 85.5 Å². The van der Waals surface area contributed by atoms with Crippen LogP contribution in [0, 0.1) is 5.92 Å². The van der Waals surface area contributed by atoms with Gasteiger partial charge in [-0.2, -0.15) is 0 Å². The topological polar surface area (TPSA) is 80.9 Å². The molecule has 0 saturated carbocycles. The van der Waals surface area contributed by atoms with Crippen molar-refractivity contribution in [2.45, 2.75) is 97.2 Å².